The second-order valence-corrected chi connectivity index (χ2v) is 6.92. The Morgan fingerprint density at radius 3 is 2.33 bits per heavy atom. The van der Waals surface area contributed by atoms with Gasteiger partial charge >= 0.3 is 5.97 Å². The van der Waals surface area contributed by atoms with Gasteiger partial charge in [-0.05, 0) is 53.9 Å². The van der Waals surface area contributed by atoms with Crippen molar-refractivity contribution in [3.63, 3.8) is 0 Å². The molecule has 1 atom stereocenters. The molecular weight excluding hydrogens is 380 g/mol. The lowest BCUT2D eigenvalue weighted by molar-refractivity contribution is -0.152. The van der Waals surface area contributed by atoms with Crippen LogP contribution in [0.2, 0.25) is 0 Å². The smallest absolute Gasteiger partial charge is 0.326 e. The monoisotopic (exact) mass is 404 g/mol. The summed E-state index contributed by atoms with van der Waals surface area (Å²) in [5.74, 6) is -1.51. The highest BCUT2D eigenvalue weighted by molar-refractivity contribution is 6.00. The van der Waals surface area contributed by atoms with Crippen molar-refractivity contribution in [2.24, 2.45) is 0 Å². The SMILES string of the molecule is CCc1ccc(NC(=O)[C@@H](C)OC(=O)CNC(=O)c2ccc3ccccc3c2)cc1. The minimum absolute atomic E-state index is 0.325. The van der Waals surface area contributed by atoms with Gasteiger partial charge in [0.25, 0.3) is 11.8 Å². The molecule has 0 aliphatic heterocycles. The average Bonchev–Trinajstić information content (AvgIpc) is 2.77. The zero-order valence-electron chi connectivity index (χ0n) is 17.0. The first-order valence-electron chi connectivity index (χ1n) is 9.82. The number of carbonyl (C=O) groups excluding carboxylic acids is 3. The summed E-state index contributed by atoms with van der Waals surface area (Å²) in [6.07, 6.45) is -0.0754. The number of benzene rings is 3. The van der Waals surface area contributed by atoms with Gasteiger partial charge in [-0.25, -0.2) is 0 Å². The molecule has 30 heavy (non-hydrogen) atoms. The van der Waals surface area contributed by atoms with Gasteiger partial charge in [-0.15, -0.1) is 0 Å². The van der Waals surface area contributed by atoms with E-state index in [1.54, 1.807) is 24.3 Å². The van der Waals surface area contributed by atoms with E-state index in [4.69, 9.17) is 4.74 Å². The first kappa shape index (κ1) is 21.0. The van der Waals surface area contributed by atoms with Crippen LogP contribution in [-0.2, 0) is 20.7 Å². The lowest BCUT2D eigenvalue weighted by Gasteiger charge is -2.14. The van der Waals surface area contributed by atoms with Crippen molar-refractivity contribution in [3.8, 4) is 0 Å². The highest BCUT2D eigenvalue weighted by atomic mass is 16.5. The lowest BCUT2D eigenvalue weighted by atomic mass is 10.1. The molecule has 0 saturated carbocycles. The molecule has 0 aliphatic carbocycles. The summed E-state index contributed by atoms with van der Waals surface area (Å²) in [5, 5.41) is 7.19. The molecule has 3 aromatic carbocycles. The summed E-state index contributed by atoms with van der Waals surface area (Å²) < 4.78 is 5.12. The number of fused-ring (bicyclic) bond motifs is 1. The number of amides is 2. The molecule has 0 fully saturated rings. The molecule has 2 N–H and O–H groups in total. The molecule has 2 amide bonds. The van der Waals surface area contributed by atoms with Crippen LogP contribution < -0.4 is 10.6 Å². The van der Waals surface area contributed by atoms with E-state index in [0.29, 0.717) is 11.3 Å². The number of nitrogens with one attached hydrogen (secondary N) is 2. The number of aryl methyl sites for hydroxylation is 1. The van der Waals surface area contributed by atoms with Crippen molar-refractivity contribution < 1.29 is 19.1 Å². The Balaban J connectivity index is 1.48. The molecule has 0 spiro atoms. The van der Waals surface area contributed by atoms with Crippen molar-refractivity contribution in [1.82, 2.24) is 5.32 Å². The molecule has 6 nitrogen and oxygen atoms in total. The summed E-state index contributed by atoms with van der Waals surface area (Å²) >= 11 is 0. The minimum atomic E-state index is -0.985. The molecule has 3 rings (SSSR count). The van der Waals surface area contributed by atoms with Crippen LogP contribution in [0.3, 0.4) is 0 Å². The first-order valence-corrected chi connectivity index (χ1v) is 9.82. The van der Waals surface area contributed by atoms with Gasteiger partial charge in [0.15, 0.2) is 6.10 Å². The average molecular weight is 404 g/mol. The Hall–Kier alpha value is -3.67. The molecule has 0 aromatic heterocycles. The largest absolute Gasteiger partial charge is 0.451 e. The van der Waals surface area contributed by atoms with Crippen molar-refractivity contribution in [2.75, 3.05) is 11.9 Å². The van der Waals surface area contributed by atoms with Gasteiger partial charge in [-0.3, -0.25) is 14.4 Å². The van der Waals surface area contributed by atoms with E-state index < -0.39 is 18.0 Å². The third-order valence-corrected chi connectivity index (χ3v) is 4.71. The molecule has 0 aliphatic rings. The predicted molar refractivity (Wildman–Crippen MR) is 116 cm³/mol. The van der Waals surface area contributed by atoms with Gasteiger partial charge in [0.1, 0.15) is 6.54 Å². The quantitative estimate of drug-likeness (QED) is 0.588. The Labute approximate surface area is 175 Å². The molecule has 0 bridgehead atoms. The van der Waals surface area contributed by atoms with E-state index >= 15 is 0 Å². The van der Waals surface area contributed by atoms with E-state index in [1.807, 2.05) is 49.4 Å². The molecule has 0 saturated heterocycles. The van der Waals surface area contributed by atoms with Gasteiger partial charge in [0.05, 0.1) is 0 Å². The Morgan fingerprint density at radius 2 is 1.63 bits per heavy atom. The first-order chi connectivity index (χ1) is 14.5. The van der Waals surface area contributed by atoms with Gasteiger partial charge < -0.3 is 15.4 Å². The summed E-state index contributed by atoms with van der Waals surface area (Å²) in [6, 6.07) is 20.4. The molecule has 0 radical (unpaired) electrons. The Morgan fingerprint density at radius 1 is 0.933 bits per heavy atom. The summed E-state index contributed by atoms with van der Waals surface area (Å²) in [6.45, 7) is 3.21. The van der Waals surface area contributed by atoms with E-state index in [9.17, 15) is 14.4 Å². The van der Waals surface area contributed by atoms with Crippen molar-refractivity contribution in [3.05, 3.63) is 77.9 Å². The van der Waals surface area contributed by atoms with Crippen LogP contribution in [0.1, 0.15) is 29.8 Å². The van der Waals surface area contributed by atoms with Gasteiger partial charge in [-0.2, -0.15) is 0 Å². The number of anilines is 1. The number of carbonyl (C=O) groups is 3. The number of hydrogen-bond donors (Lipinski definition) is 2. The maximum Gasteiger partial charge on any atom is 0.326 e. The predicted octanol–water partition coefficient (Wildman–Crippen LogP) is 3.70. The second kappa shape index (κ2) is 9.69. The maximum absolute atomic E-state index is 12.3. The topological polar surface area (TPSA) is 84.5 Å². The van der Waals surface area contributed by atoms with Crippen molar-refractivity contribution in [2.45, 2.75) is 26.4 Å². The molecule has 6 heteroatoms. The third kappa shape index (κ3) is 5.44. The number of rotatable bonds is 7. The zero-order chi connectivity index (χ0) is 21.5. The van der Waals surface area contributed by atoms with Crippen molar-refractivity contribution >= 4 is 34.2 Å². The molecule has 0 heterocycles. The number of hydrogen-bond acceptors (Lipinski definition) is 4. The standard InChI is InChI=1S/C24H24N2O4/c1-3-17-8-12-21(13-9-17)26-23(28)16(2)30-22(27)15-25-24(29)20-11-10-18-6-4-5-7-19(18)14-20/h4-14,16H,3,15H2,1-2H3,(H,25,29)(H,26,28)/t16-/m1/s1. The van der Waals surface area contributed by atoms with E-state index in [-0.39, 0.29) is 12.5 Å². The molecular formula is C24H24N2O4. The van der Waals surface area contributed by atoms with E-state index in [1.165, 1.54) is 6.92 Å². The Kier molecular flexibility index (Phi) is 6.80. The van der Waals surface area contributed by atoms with Crippen LogP contribution in [0.15, 0.2) is 66.7 Å². The van der Waals surface area contributed by atoms with Crippen LogP contribution in [0.25, 0.3) is 10.8 Å². The summed E-state index contributed by atoms with van der Waals surface area (Å²) in [5.41, 5.74) is 2.24. The summed E-state index contributed by atoms with van der Waals surface area (Å²) in [7, 11) is 0. The molecule has 154 valence electrons. The van der Waals surface area contributed by atoms with Crippen molar-refractivity contribution in [1.29, 1.82) is 0 Å². The fourth-order valence-corrected chi connectivity index (χ4v) is 2.95. The van der Waals surface area contributed by atoms with Crippen LogP contribution >= 0.6 is 0 Å². The summed E-state index contributed by atoms with van der Waals surface area (Å²) in [4.78, 5) is 36.5. The van der Waals surface area contributed by atoms with Gasteiger partial charge in [0, 0.05) is 11.3 Å². The normalized spacial score (nSPS) is 11.5. The van der Waals surface area contributed by atoms with E-state index in [0.717, 1.165) is 22.8 Å². The van der Waals surface area contributed by atoms with Gasteiger partial charge in [0.2, 0.25) is 0 Å². The van der Waals surface area contributed by atoms with E-state index in [2.05, 4.69) is 10.6 Å². The van der Waals surface area contributed by atoms with Crippen LogP contribution in [0.4, 0.5) is 5.69 Å². The molecule has 0 unspecified atom stereocenters. The number of ether oxygens (including phenoxy) is 1. The van der Waals surface area contributed by atoms with Crippen LogP contribution in [0.5, 0.6) is 0 Å². The highest BCUT2D eigenvalue weighted by Crippen LogP contribution is 2.15. The minimum Gasteiger partial charge on any atom is -0.451 e. The zero-order valence-corrected chi connectivity index (χ0v) is 17.0. The fraction of sp³-hybridized carbons (Fsp3) is 0.208. The lowest BCUT2D eigenvalue weighted by Crippen LogP contribution is -2.35. The maximum atomic E-state index is 12.3. The van der Waals surface area contributed by atoms with Crippen LogP contribution in [-0.4, -0.2) is 30.4 Å². The second-order valence-electron chi connectivity index (χ2n) is 6.92. The highest BCUT2D eigenvalue weighted by Gasteiger charge is 2.18. The third-order valence-electron chi connectivity index (χ3n) is 4.71. The van der Waals surface area contributed by atoms with Crippen LogP contribution in [0, 0.1) is 0 Å². The number of esters is 1. The molecule has 3 aromatic rings. The Bertz CT molecular complexity index is 1060. The van der Waals surface area contributed by atoms with Gasteiger partial charge in [-0.1, -0.05) is 49.4 Å². The fourth-order valence-electron chi connectivity index (χ4n) is 2.95.